The Labute approximate surface area is 540 Å². The summed E-state index contributed by atoms with van der Waals surface area (Å²) in [6.07, 6.45) is 2.55. The third kappa shape index (κ3) is 11.2. The summed E-state index contributed by atoms with van der Waals surface area (Å²) in [7, 11) is 3.38. The van der Waals surface area contributed by atoms with E-state index in [9.17, 15) is 19.2 Å². The fourth-order valence-corrected chi connectivity index (χ4v) is 13.9. The highest BCUT2D eigenvalue weighted by Gasteiger charge is 2.41. The standard InChI is InChI=1S/C83H73N3O6/c1-14-15-16-36-84-80(87)68-32-34-70-78-71(35-33-69(77(68)78)81(84)88)83(90)86(82(70)89)79-56(10)39-61(40-57(79)11)23-21-59-19-17-18-58(47-59)20-22-60-37-50(4)75(51(5)38-60)76-54(8)43-63(44-55(76)9)62-41-52(6)74(53(7)42-62)72-45-49(3)73(46-48(72)2)85(64-24-28-66(91-12)29-25-64)65-26-30-67(92-13)31-27-65/h17-19,24-35,37-47H,14-16,36H2,1-13H3. The van der Waals surface area contributed by atoms with Gasteiger partial charge < -0.3 is 14.4 Å². The molecule has 456 valence electrons. The van der Waals surface area contributed by atoms with E-state index in [1.165, 1.54) is 71.0 Å². The van der Waals surface area contributed by atoms with E-state index in [0.29, 0.717) is 51.7 Å². The quantitative estimate of drug-likeness (QED) is 0.0644. The number of benzene rings is 10. The highest BCUT2D eigenvalue weighted by molar-refractivity contribution is 6.39. The number of methoxy groups -OCH3 is 2. The van der Waals surface area contributed by atoms with Crippen molar-refractivity contribution in [1.82, 2.24) is 4.90 Å². The van der Waals surface area contributed by atoms with Gasteiger partial charge in [-0.3, -0.25) is 24.1 Å². The summed E-state index contributed by atoms with van der Waals surface area (Å²) >= 11 is 0. The molecular weight excluding hydrogens is 1130 g/mol. The Morgan fingerprint density at radius 3 is 1.22 bits per heavy atom. The number of unbranched alkanes of at least 4 members (excludes halogenated alkanes) is 2. The first kappa shape index (κ1) is 61.5. The predicted molar refractivity (Wildman–Crippen MR) is 373 cm³/mol. The molecule has 9 nitrogen and oxygen atoms in total. The van der Waals surface area contributed by atoms with E-state index in [1.807, 2.05) is 74.5 Å². The Morgan fingerprint density at radius 2 is 0.783 bits per heavy atom. The Balaban J connectivity index is 0.753. The lowest BCUT2D eigenvalue weighted by Gasteiger charge is -2.33. The van der Waals surface area contributed by atoms with Gasteiger partial charge in [0.05, 0.1) is 19.9 Å². The fraction of sp³-hybridized carbons (Fsp3) is 0.205. The van der Waals surface area contributed by atoms with Gasteiger partial charge in [-0.15, -0.1) is 0 Å². The lowest BCUT2D eigenvalue weighted by molar-refractivity contribution is 0.0606. The zero-order valence-electron chi connectivity index (χ0n) is 54.6. The monoisotopic (exact) mass is 1210 g/mol. The van der Waals surface area contributed by atoms with Gasteiger partial charge in [0, 0.05) is 78.9 Å². The van der Waals surface area contributed by atoms with Crippen molar-refractivity contribution in [3.8, 4) is 68.6 Å². The minimum absolute atomic E-state index is 0.274. The Morgan fingerprint density at radius 1 is 0.380 bits per heavy atom. The molecule has 0 fully saturated rings. The number of carbonyl (C=O) groups is 4. The van der Waals surface area contributed by atoms with E-state index in [-0.39, 0.29) is 11.1 Å². The van der Waals surface area contributed by atoms with Crippen LogP contribution in [0.4, 0.5) is 22.7 Å². The molecule has 0 bridgehead atoms. The van der Waals surface area contributed by atoms with Gasteiger partial charge in [-0.25, -0.2) is 4.90 Å². The smallest absolute Gasteiger partial charge is 0.266 e. The van der Waals surface area contributed by atoms with Crippen LogP contribution in [0.5, 0.6) is 11.5 Å². The molecule has 2 aliphatic rings. The Kier molecular flexibility index (Phi) is 16.7. The Bertz CT molecular complexity index is 4680. The number of hydrogen-bond acceptors (Lipinski definition) is 7. The van der Waals surface area contributed by atoms with Gasteiger partial charge in [-0.2, -0.15) is 0 Å². The third-order valence-electron chi connectivity index (χ3n) is 18.1. The third-order valence-corrected chi connectivity index (χ3v) is 18.1. The second kappa shape index (κ2) is 24.9. The van der Waals surface area contributed by atoms with E-state index in [0.717, 1.165) is 80.3 Å². The van der Waals surface area contributed by atoms with Gasteiger partial charge in [0.15, 0.2) is 0 Å². The number of rotatable bonds is 13. The molecule has 0 N–H and O–H groups in total. The van der Waals surface area contributed by atoms with Crippen molar-refractivity contribution in [2.75, 3.05) is 30.6 Å². The van der Waals surface area contributed by atoms with Crippen molar-refractivity contribution in [3.63, 3.8) is 0 Å². The van der Waals surface area contributed by atoms with Crippen molar-refractivity contribution >= 4 is 57.2 Å². The van der Waals surface area contributed by atoms with Gasteiger partial charge in [0.1, 0.15) is 11.5 Å². The average molecular weight is 1210 g/mol. The molecule has 10 aromatic carbocycles. The van der Waals surface area contributed by atoms with Crippen LogP contribution in [0.15, 0.2) is 158 Å². The van der Waals surface area contributed by atoms with Crippen LogP contribution in [0.2, 0.25) is 0 Å². The molecule has 12 rings (SSSR count). The van der Waals surface area contributed by atoms with Crippen LogP contribution in [0, 0.1) is 92.9 Å². The molecule has 0 unspecified atom stereocenters. The first-order chi connectivity index (χ1) is 44.3. The maximum Gasteiger partial charge on any atom is 0.266 e. The number of carbonyl (C=O) groups excluding carboxylic acids is 4. The largest absolute Gasteiger partial charge is 0.497 e. The van der Waals surface area contributed by atoms with E-state index in [4.69, 9.17) is 9.47 Å². The molecule has 10 aromatic rings. The van der Waals surface area contributed by atoms with Gasteiger partial charge >= 0.3 is 0 Å². The van der Waals surface area contributed by atoms with Crippen molar-refractivity contribution < 1.29 is 28.7 Å². The maximum absolute atomic E-state index is 14.4. The molecule has 0 radical (unpaired) electrons. The van der Waals surface area contributed by atoms with Crippen LogP contribution in [0.25, 0.3) is 44.2 Å². The molecule has 0 aromatic heterocycles. The molecule has 9 heteroatoms. The van der Waals surface area contributed by atoms with Crippen LogP contribution in [-0.2, 0) is 0 Å². The van der Waals surface area contributed by atoms with E-state index < -0.39 is 23.6 Å². The maximum atomic E-state index is 14.4. The number of imide groups is 2. The van der Waals surface area contributed by atoms with Crippen LogP contribution >= 0.6 is 0 Å². The first-order valence-corrected chi connectivity index (χ1v) is 31.4. The molecule has 0 spiro atoms. The van der Waals surface area contributed by atoms with Gasteiger partial charge in [-0.1, -0.05) is 73.8 Å². The second-order valence-electron chi connectivity index (χ2n) is 24.7. The zero-order valence-corrected chi connectivity index (χ0v) is 54.6. The highest BCUT2D eigenvalue weighted by atomic mass is 16.5. The van der Waals surface area contributed by atoms with Crippen molar-refractivity contribution in [3.05, 3.63) is 258 Å². The normalized spacial score (nSPS) is 12.4. The molecule has 2 aliphatic heterocycles. The number of nitrogens with zero attached hydrogens (tertiary/aromatic N) is 3. The predicted octanol–water partition coefficient (Wildman–Crippen LogP) is 18.8. The SMILES string of the molecule is CCCCCN1C(=O)c2ccc3c4c(ccc(c24)C1=O)C(=O)N(c1c(C)cc(C#Cc2cccc(C#Cc4cc(C)c(-c5c(C)cc(-c6cc(C)c(-c7cc(C)c(N(c8ccc(OC)cc8)c8ccc(OC)cc8)cc7C)c(C)c6)cc5C)c(C)c4)c2)cc1C)C3=O. The van der Waals surface area contributed by atoms with E-state index in [2.05, 4.69) is 164 Å². The van der Waals surface area contributed by atoms with Gasteiger partial charge in [-0.05, 0) is 292 Å². The molecule has 92 heavy (non-hydrogen) atoms. The first-order valence-electron chi connectivity index (χ1n) is 31.4. The average Bonchev–Trinajstić information content (AvgIpc) is 0.716. The minimum atomic E-state index is -0.508. The van der Waals surface area contributed by atoms with Crippen LogP contribution in [0.1, 0.15) is 146 Å². The summed E-state index contributed by atoms with van der Waals surface area (Å²) in [5.41, 5.74) is 26.4. The topological polar surface area (TPSA) is 96.5 Å². The number of hydrogen-bond donors (Lipinski definition) is 0. The Hall–Kier alpha value is -10.7. The lowest BCUT2D eigenvalue weighted by atomic mass is 9.85. The number of aryl methyl sites for hydroxylation is 10. The number of amides is 4. The van der Waals surface area contributed by atoms with Crippen molar-refractivity contribution in [1.29, 1.82) is 0 Å². The molecule has 0 aliphatic carbocycles. The lowest BCUT2D eigenvalue weighted by Crippen LogP contribution is -2.44. The zero-order chi connectivity index (χ0) is 65.0. The highest BCUT2D eigenvalue weighted by Crippen LogP contribution is 2.45. The summed E-state index contributed by atoms with van der Waals surface area (Å²) < 4.78 is 11.0. The van der Waals surface area contributed by atoms with Crippen LogP contribution < -0.4 is 19.3 Å². The molecular formula is C83H73N3O6. The number of anilines is 4. The second-order valence-corrected chi connectivity index (χ2v) is 24.7. The molecule has 0 atom stereocenters. The summed E-state index contributed by atoms with van der Waals surface area (Å²) in [4.78, 5) is 61.0. The van der Waals surface area contributed by atoms with Crippen molar-refractivity contribution in [2.24, 2.45) is 0 Å². The molecule has 0 saturated carbocycles. The van der Waals surface area contributed by atoms with Crippen LogP contribution in [-0.4, -0.2) is 49.3 Å². The van der Waals surface area contributed by atoms with E-state index in [1.54, 1.807) is 38.5 Å². The van der Waals surface area contributed by atoms with Crippen LogP contribution in [0.3, 0.4) is 0 Å². The minimum Gasteiger partial charge on any atom is -0.497 e. The fourth-order valence-electron chi connectivity index (χ4n) is 13.9. The van der Waals surface area contributed by atoms with E-state index >= 15 is 0 Å². The summed E-state index contributed by atoms with van der Waals surface area (Å²) in [5.74, 6) is 13.3. The molecule has 2 heterocycles. The summed E-state index contributed by atoms with van der Waals surface area (Å²) in [6.45, 7) is 23.8. The summed E-state index contributed by atoms with van der Waals surface area (Å²) in [6, 6.07) is 52.8. The van der Waals surface area contributed by atoms with Gasteiger partial charge in [0.25, 0.3) is 23.6 Å². The van der Waals surface area contributed by atoms with Crippen molar-refractivity contribution in [2.45, 2.75) is 95.4 Å². The summed E-state index contributed by atoms with van der Waals surface area (Å²) in [5, 5.41) is 0.726. The molecule has 0 saturated heterocycles. The van der Waals surface area contributed by atoms with Gasteiger partial charge in [0.2, 0.25) is 0 Å². The number of ether oxygens (including phenoxy) is 2. The molecule has 4 amide bonds.